The van der Waals surface area contributed by atoms with Crippen LogP contribution < -0.4 is 0 Å². The summed E-state index contributed by atoms with van der Waals surface area (Å²) < 4.78 is 2.13. The van der Waals surface area contributed by atoms with Crippen LogP contribution in [0.3, 0.4) is 0 Å². The SMILES string of the molecule is CCC(C)n1c(-c2ccccc2)cnc1SCC(=O)O. The normalized spacial score (nSPS) is 12.3. The van der Waals surface area contributed by atoms with Gasteiger partial charge in [-0.2, -0.15) is 0 Å². The van der Waals surface area contributed by atoms with Gasteiger partial charge in [-0.05, 0) is 18.9 Å². The van der Waals surface area contributed by atoms with Crippen molar-refractivity contribution in [2.24, 2.45) is 0 Å². The van der Waals surface area contributed by atoms with Crippen molar-refractivity contribution in [3.63, 3.8) is 0 Å². The van der Waals surface area contributed by atoms with Crippen molar-refractivity contribution in [2.45, 2.75) is 31.5 Å². The zero-order valence-electron chi connectivity index (χ0n) is 11.6. The first-order chi connectivity index (χ1) is 9.63. The third kappa shape index (κ3) is 3.22. The van der Waals surface area contributed by atoms with Crippen LogP contribution in [0.1, 0.15) is 26.3 Å². The number of carboxylic acid groups (broad SMARTS) is 1. The van der Waals surface area contributed by atoms with Gasteiger partial charge < -0.3 is 9.67 Å². The van der Waals surface area contributed by atoms with E-state index < -0.39 is 5.97 Å². The van der Waals surface area contributed by atoms with Gasteiger partial charge in [-0.3, -0.25) is 4.79 Å². The van der Waals surface area contributed by atoms with Gasteiger partial charge in [0.2, 0.25) is 0 Å². The number of hydrogen-bond acceptors (Lipinski definition) is 3. The molecule has 2 aromatic rings. The summed E-state index contributed by atoms with van der Waals surface area (Å²) in [6.45, 7) is 4.24. The van der Waals surface area contributed by atoms with Gasteiger partial charge in [0, 0.05) is 6.04 Å². The highest BCUT2D eigenvalue weighted by atomic mass is 32.2. The summed E-state index contributed by atoms with van der Waals surface area (Å²) in [6.07, 6.45) is 2.79. The van der Waals surface area contributed by atoms with Crippen molar-refractivity contribution in [1.82, 2.24) is 9.55 Å². The highest BCUT2D eigenvalue weighted by Crippen LogP contribution is 2.30. The molecule has 1 N–H and O–H groups in total. The van der Waals surface area contributed by atoms with Crippen LogP contribution in [0.4, 0.5) is 0 Å². The topological polar surface area (TPSA) is 55.1 Å². The molecule has 0 fully saturated rings. The van der Waals surface area contributed by atoms with Gasteiger partial charge in [0.05, 0.1) is 17.6 Å². The summed E-state index contributed by atoms with van der Waals surface area (Å²) in [7, 11) is 0. The van der Waals surface area contributed by atoms with Gasteiger partial charge >= 0.3 is 5.97 Å². The van der Waals surface area contributed by atoms with Gasteiger partial charge in [-0.1, -0.05) is 49.0 Å². The maximum absolute atomic E-state index is 10.7. The van der Waals surface area contributed by atoms with Crippen LogP contribution in [-0.4, -0.2) is 26.4 Å². The first-order valence-electron chi connectivity index (χ1n) is 6.60. The van der Waals surface area contributed by atoms with E-state index in [1.54, 1.807) is 0 Å². The number of benzene rings is 1. The quantitative estimate of drug-likeness (QED) is 0.824. The summed E-state index contributed by atoms with van der Waals surface area (Å²) in [5, 5.41) is 9.59. The summed E-state index contributed by atoms with van der Waals surface area (Å²) in [5.74, 6) is -0.795. The molecule has 5 heteroatoms. The second kappa shape index (κ2) is 6.61. The molecule has 0 bridgehead atoms. The Morgan fingerprint density at radius 3 is 2.70 bits per heavy atom. The molecule has 1 atom stereocenters. The lowest BCUT2D eigenvalue weighted by Gasteiger charge is -2.17. The van der Waals surface area contributed by atoms with Crippen LogP contribution in [0.2, 0.25) is 0 Å². The van der Waals surface area contributed by atoms with E-state index in [1.165, 1.54) is 11.8 Å². The molecule has 0 radical (unpaired) electrons. The Labute approximate surface area is 122 Å². The van der Waals surface area contributed by atoms with E-state index >= 15 is 0 Å². The number of thioether (sulfide) groups is 1. The minimum atomic E-state index is -0.824. The fourth-order valence-corrected chi connectivity index (χ4v) is 2.81. The minimum Gasteiger partial charge on any atom is -0.481 e. The lowest BCUT2D eigenvalue weighted by atomic mass is 10.1. The van der Waals surface area contributed by atoms with E-state index in [1.807, 2.05) is 36.5 Å². The summed E-state index contributed by atoms with van der Waals surface area (Å²) in [5.41, 5.74) is 2.13. The average molecular weight is 290 g/mol. The molecule has 4 nitrogen and oxygen atoms in total. The number of hydrogen-bond donors (Lipinski definition) is 1. The molecule has 1 unspecified atom stereocenters. The van der Waals surface area contributed by atoms with Gasteiger partial charge in [-0.15, -0.1) is 0 Å². The number of carboxylic acids is 1. The van der Waals surface area contributed by atoms with Crippen LogP contribution in [-0.2, 0) is 4.79 Å². The molecular weight excluding hydrogens is 272 g/mol. The molecular formula is C15H18N2O2S. The first-order valence-corrected chi connectivity index (χ1v) is 7.59. The molecule has 0 saturated carbocycles. The Bertz CT molecular complexity index is 581. The molecule has 0 aliphatic carbocycles. The maximum atomic E-state index is 10.7. The lowest BCUT2D eigenvalue weighted by Crippen LogP contribution is -2.08. The van der Waals surface area contributed by atoms with Crippen molar-refractivity contribution in [2.75, 3.05) is 5.75 Å². The van der Waals surface area contributed by atoms with E-state index in [9.17, 15) is 4.79 Å². The predicted molar refractivity (Wildman–Crippen MR) is 81.0 cm³/mol. The van der Waals surface area contributed by atoms with Gasteiger partial charge in [0.15, 0.2) is 5.16 Å². The molecule has 20 heavy (non-hydrogen) atoms. The third-order valence-electron chi connectivity index (χ3n) is 3.19. The standard InChI is InChI=1S/C15H18N2O2S/c1-3-11(2)17-13(12-7-5-4-6-8-12)9-16-15(17)20-10-14(18)19/h4-9,11H,3,10H2,1-2H3,(H,18,19). The third-order valence-corrected chi connectivity index (χ3v) is 4.14. The van der Waals surface area contributed by atoms with Gasteiger partial charge in [-0.25, -0.2) is 4.98 Å². The first kappa shape index (κ1) is 14.7. The zero-order chi connectivity index (χ0) is 14.5. The average Bonchev–Trinajstić information content (AvgIpc) is 2.89. The van der Waals surface area contributed by atoms with Crippen molar-refractivity contribution in [3.05, 3.63) is 36.5 Å². The van der Waals surface area contributed by atoms with Crippen molar-refractivity contribution in [1.29, 1.82) is 0 Å². The molecule has 2 rings (SSSR count). The zero-order valence-corrected chi connectivity index (χ0v) is 12.4. The monoisotopic (exact) mass is 290 g/mol. The Hall–Kier alpha value is -1.75. The van der Waals surface area contributed by atoms with Crippen molar-refractivity contribution in [3.8, 4) is 11.3 Å². The number of aromatic nitrogens is 2. The van der Waals surface area contributed by atoms with Crippen LogP contribution in [0.5, 0.6) is 0 Å². The molecule has 0 aliphatic heterocycles. The van der Waals surface area contributed by atoms with Crippen molar-refractivity contribution < 1.29 is 9.90 Å². The number of imidazole rings is 1. The van der Waals surface area contributed by atoms with E-state index in [0.29, 0.717) is 0 Å². The molecule has 106 valence electrons. The Balaban J connectivity index is 2.40. The summed E-state index contributed by atoms with van der Waals surface area (Å²) >= 11 is 1.27. The summed E-state index contributed by atoms with van der Waals surface area (Å²) in [4.78, 5) is 15.1. The van der Waals surface area contributed by atoms with E-state index in [-0.39, 0.29) is 11.8 Å². The molecule has 0 aliphatic rings. The van der Waals surface area contributed by atoms with Crippen molar-refractivity contribution >= 4 is 17.7 Å². The van der Waals surface area contributed by atoms with Crippen LogP contribution in [0.15, 0.2) is 41.7 Å². The second-order valence-electron chi connectivity index (χ2n) is 4.60. The number of nitrogens with zero attached hydrogens (tertiary/aromatic N) is 2. The van der Waals surface area contributed by atoms with E-state index in [2.05, 4.69) is 23.4 Å². The fraction of sp³-hybridized carbons (Fsp3) is 0.333. The predicted octanol–water partition coefficient (Wildman–Crippen LogP) is 3.70. The maximum Gasteiger partial charge on any atom is 0.313 e. The molecule has 0 saturated heterocycles. The largest absolute Gasteiger partial charge is 0.481 e. The Morgan fingerprint density at radius 2 is 2.10 bits per heavy atom. The van der Waals surface area contributed by atoms with Crippen LogP contribution in [0, 0.1) is 0 Å². The lowest BCUT2D eigenvalue weighted by molar-refractivity contribution is -0.133. The molecule has 0 amide bonds. The molecule has 1 aromatic heterocycles. The van der Waals surface area contributed by atoms with Crippen LogP contribution in [0.25, 0.3) is 11.3 Å². The highest BCUT2D eigenvalue weighted by Gasteiger charge is 2.16. The number of rotatable bonds is 6. The minimum absolute atomic E-state index is 0.0294. The Kier molecular flexibility index (Phi) is 4.84. The van der Waals surface area contributed by atoms with Gasteiger partial charge in [0.1, 0.15) is 0 Å². The van der Waals surface area contributed by atoms with Crippen LogP contribution >= 0.6 is 11.8 Å². The molecule has 1 heterocycles. The number of aliphatic carboxylic acids is 1. The smallest absolute Gasteiger partial charge is 0.313 e. The molecule has 0 spiro atoms. The molecule has 1 aromatic carbocycles. The highest BCUT2D eigenvalue weighted by molar-refractivity contribution is 7.99. The van der Waals surface area contributed by atoms with Gasteiger partial charge in [0.25, 0.3) is 0 Å². The van der Waals surface area contributed by atoms with E-state index in [0.717, 1.165) is 22.8 Å². The number of carbonyl (C=O) groups is 1. The Morgan fingerprint density at radius 1 is 1.40 bits per heavy atom. The fourth-order valence-electron chi connectivity index (χ4n) is 2.01. The van der Waals surface area contributed by atoms with E-state index in [4.69, 9.17) is 5.11 Å². The second-order valence-corrected chi connectivity index (χ2v) is 5.54. The summed E-state index contributed by atoms with van der Waals surface area (Å²) in [6, 6.07) is 10.3.